The van der Waals surface area contributed by atoms with Crippen molar-refractivity contribution in [3.63, 3.8) is 0 Å². The molecule has 23 heavy (non-hydrogen) atoms. The number of H-pyrrole nitrogens is 1. The molecule has 120 valence electrons. The Morgan fingerprint density at radius 3 is 2.78 bits per heavy atom. The minimum atomic E-state index is 0.0786. The van der Waals surface area contributed by atoms with Crippen molar-refractivity contribution >= 4 is 28.5 Å². The van der Waals surface area contributed by atoms with Crippen LogP contribution in [0.25, 0.3) is 22.4 Å². The molecule has 0 aliphatic rings. The molecule has 3 rings (SSSR count). The number of nitrogens with one attached hydrogen (secondary N) is 1. The van der Waals surface area contributed by atoms with E-state index in [9.17, 15) is 5.11 Å². The molecule has 0 fully saturated rings. The first kappa shape index (κ1) is 15.8. The second-order valence-electron chi connectivity index (χ2n) is 5.40. The van der Waals surface area contributed by atoms with Gasteiger partial charge in [-0.2, -0.15) is 0 Å². The Balaban J connectivity index is 2.20. The molecule has 6 heteroatoms. The van der Waals surface area contributed by atoms with E-state index in [1.54, 1.807) is 0 Å². The van der Waals surface area contributed by atoms with Gasteiger partial charge in [0.15, 0.2) is 5.82 Å². The number of aliphatic hydroxyl groups excluding tert-OH is 1. The molecule has 2 aromatic heterocycles. The Morgan fingerprint density at radius 2 is 2.09 bits per heavy atom. The predicted octanol–water partition coefficient (Wildman–Crippen LogP) is 3.41. The van der Waals surface area contributed by atoms with Gasteiger partial charge in [-0.25, -0.2) is 9.97 Å². The molecule has 5 nitrogen and oxygen atoms in total. The van der Waals surface area contributed by atoms with Gasteiger partial charge in [-0.1, -0.05) is 23.7 Å². The normalized spacial score (nSPS) is 11.1. The lowest BCUT2D eigenvalue weighted by Crippen LogP contribution is -2.27. The molecule has 2 heterocycles. The number of aliphatic hydroxyl groups is 1. The summed E-state index contributed by atoms with van der Waals surface area (Å²) in [4.78, 5) is 14.7. The topological polar surface area (TPSA) is 65.0 Å². The van der Waals surface area contributed by atoms with Crippen molar-refractivity contribution in [2.24, 2.45) is 0 Å². The summed E-state index contributed by atoms with van der Waals surface area (Å²) >= 11 is 6.09. The molecule has 0 amide bonds. The molecule has 0 saturated carbocycles. The fraction of sp³-hybridized carbons (Fsp3) is 0.294. The number of hydrogen-bond donors (Lipinski definition) is 2. The van der Waals surface area contributed by atoms with E-state index in [2.05, 4.69) is 9.97 Å². The number of halogens is 1. The average Bonchev–Trinajstić information content (AvgIpc) is 2.92. The van der Waals surface area contributed by atoms with E-state index in [4.69, 9.17) is 16.6 Å². The summed E-state index contributed by atoms with van der Waals surface area (Å²) in [5.74, 6) is 1.44. The largest absolute Gasteiger partial charge is 0.395 e. The number of aryl methyl sites for hydroxylation is 1. The van der Waals surface area contributed by atoms with Crippen LogP contribution in [0.1, 0.15) is 12.6 Å². The van der Waals surface area contributed by atoms with Gasteiger partial charge < -0.3 is 15.0 Å². The van der Waals surface area contributed by atoms with Crippen LogP contribution in [0.15, 0.2) is 30.3 Å². The average molecular weight is 331 g/mol. The Labute approximate surface area is 140 Å². The van der Waals surface area contributed by atoms with E-state index in [1.807, 2.05) is 49.1 Å². The number of nitrogens with zero attached hydrogens (tertiary/aromatic N) is 3. The maximum Gasteiger partial charge on any atom is 0.163 e. The first-order valence-electron chi connectivity index (χ1n) is 7.61. The van der Waals surface area contributed by atoms with Gasteiger partial charge in [0.1, 0.15) is 11.5 Å². The van der Waals surface area contributed by atoms with Crippen LogP contribution < -0.4 is 4.90 Å². The van der Waals surface area contributed by atoms with Gasteiger partial charge in [0.05, 0.1) is 12.0 Å². The smallest absolute Gasteiger partial charge is 0.163 e. The summed E-state index contributed by atoms with van der Waals surface area (Å²) in [5.41, 5.74) is 2.69. The van der Waals surface area contributed by atoms with Crippen molar-refractivity contribution in [1.29, 1.82) is 0 Å². The standard InChI is InChI=1S/C17H19ClN4O/c1-3-22(7-8-23)17-14-9-11(2)19-16(14)20-15(21-17)12-5-4-6-13(18)10-12/h4-6,9-10,23H,3,7-8H2,1-2H3,(H,19,20,21). The first-order valence-corrected chi connectivity index (χ1v) is 7.99. The molecule has 0 atom stereocenters. The summed E-state index contributed by atoms with van der Waals surface area (Å²) in [5, 5.41) is 10.9. The minimum Gasteiger partial charge on any atom is -0.395 e. The Hall–Kier alpha value is -2.11. The highest BCUT2D eigenvalue weighted by Gasteiger charge is 2.16. The maximum atomic E-state index is 9.32. The summed E-state index contributed by atoms with van der Waals surface area (Å²) in [6.07, 6.45) is 0. The summed E-state index contributed by atoms with van der Waals surface area (Å²) in [7, 11) is 0. The summed E-state index contributed by atoms with van der Waals surface area (Å²) in [6, 6.07) is 9.54. The van der Waals surface area contributed by atoms with Crippen LogP contribution in [0, 0.1) is 6.92 Å². The lowest BCUT2D eigenvalue weighted by Gasteiger charge is -2.22. The second kappa shape index (κ2) is 6.56. The van der Waals surface area contributed by atoms with E-state index in [0.717, 1.165) is 34.7 Å². The predicted molar refractivity (Wildman–Crippen MR) is 94.0 cm³/mol. The van der Waals surface area contributed by atoms with Gasteiger partial charge >= 0.3 is 0 Å². The Morgan fingerprint density at radius 1 is 1.26 bits per heavy atom. The molecule has 0 spiro atoms. The quantitative estimate of drug-likeness (QED) is 0.752. The highest BCUT2D eigenvalue weighted by molar-refractivity contribution is 6.30. The van der Waals surface area contributed by atoms with Crippen LogP contribution >= 0.6 is 11.6 Å². The number of aromatic amines is 1. The van der Waals surface area contributed by atoms with E-state index in [1.165, 1.54) is 0 Å². The molecule has 3 aromatic rings. The summed E-state index contributed by atoms with van der Waals surface area (Å²) in [6.45, 7) is 5.40. The number of fused-ring (bicyclic) bond motifs is 1. The molecule has 0 bridgehead atoms. The number of likely N-dealkylation sites (N-methyl/N-ethyl adjacent to an activating group) is 1. The Kier molecular flexibility index (Phi) is 4.50. The van der Waals surface area contributed by atoms with Crippen molar-refractivity contribution < 1.29 is 5.11 Å². The highest BCUT2D eigenvalue weighted by atomic mass is 35.5. The molecule has 0 unspecified atom stereocenters. The number of hydrogen-bond acceptors (Lipinski definition) is 4. The number of aromatic nitrogens is 3. The molecule has 0 saturated heterocycles. The van der Waals surface area contributed by atoms with E-state index < -0.39 is 0 Å². The van der Waals surface area contributed by atoms with Gasteiger partial charge in [-0.15, -0.1) is 0 Å². The zero-order chi connectivity index (χ0) is 16.4. The van der Waals surface area contributed by atoms with Crippen molar-refractivity contribution in [2.75, 3.05) is 24.6 Å². The van der Waals surface area contributed by atoms with Gasteiger partial charge in [0.2, 0.25) is 0 Å². The molecule has 0 radical (unpaired) electrons. The van der Waals surface area contributed by atoms with E-state index in [0.29, 0.717) is 17.4 Å². The second-order valence-corrected chi connectivity index (χ2v) is 5.84. The van der Waals surface area contributed by atoms with Crippen molar-refractivity contribution in [3.05, 3.63) is 41.0 Å². The fourth-order valence-corrected chi connectivity index (χ4v) is 2.85. The van der Waals surface area contributed by atoms with Crippen LogP contribution in [0.3, 0.4) is 0 Å². The van der Waals surface area contributed by atoms with Gasteiger partial charge in [-0.3, -0.25) is 0 Å². The lowest BCUT2D eigenvalue weighted by molar-refractivity contribution is 0.302. The fourth-order valence-electron chi connectivity index (χ4n) is 2.66. The van der Waals surface area contributed by atoms with Crippen LogP contribution in [0.5, 0.6) is 0 Å². The van der Waals surface area contributed by atoms with Crippen molar-refractivity contribution in [2.45, 2.75) is 13.8 Å². The zero-order valence-corrected chi connectivity index (χ0v) is 13.9. The highest BCUT2D eigenvalue weighted by Crippen LogP contribution is 2.29. The van der Waals surface area contributed by atoms with Gasteiger partial charge in [0, 0.05) is 29.4 Å². The van der Waals surface area contributed by atoms with Crippen molar-refractivity contribution in [1.82, 2.24) is 15.0 Å². The monoisotopic (exact) mass is 330 g/mol. The van der Waals surface area contributed by atoms with Crippen LogP contribution in [0.2, 0.25) is 5.02 Å². The maximum absolute atomic E-state index is 9.32. The van der Waals surface area contributed by atoms with Gasteiger partial charge in [-0.05, 0) is 32.0 Å². The van der Waals surface area contributed by atoms with Crippen LogP contribution in [-0.4, -0.2) is 39.8 Å². The summed E-state index contributed by atoms with van der Waals surface area (Å²) < 4.78 is 0. The third-order valence-electron chi connectivity index (χ3n) is 3.74. The SMILES string of the molecule is CCN(CCO)c1nc(-c2cccc(Cl)c2)nc2[nH]c(C)cc12. The number of anilines is 1. The molecule has 2 N–H and O–H groups in total. The third kappa shape index (κ3) is 3.16. The van der Waals surface area contributed by atoms with Crippen molar-refractivity contribution in [3.8, 4) is 11.4 Å². The van der Waals surface area contributed by atoms with Gasteiger partial charge in [0.25, 0.3) is 0 Å². The zero-order valence-electron chi connectivity index (χ0n) is 13.2. The van der Waals surface area contributed by atoms with E-state index >= 15 is 0 Å². The molecule has 0 aliphatic carbocycles. The molecular formula is C17H19ClN4O. The van der Waals surface area contributed by atoms with Crippen LogP contribution in [-0.2, 0) is 0 Å². The molecule has 0 aliphatic heterocycles. The molecular weight excluding hydrogens is 312 g/mol. The molecule has 1 aromatic carbocycles. The lowest BCUT2D eigenvalue weighted by atomic mass is 10.2. The Bertz CT molecular complexity index is 831. The number of rotatable bonds is 5. The first-order chi connectivity index (χ1) is 11.1. The number of benzene rings is 1. The van der Waals surface area contributed by atoms with Crippen LogP contribution in [0.4, 0.5) is 5.82 Å². The van der Waals surface area contributed by atoms with E-state index in [-0.39, 0.29) is 6.61 Å². The minimum absolute atomic E-state index is 0.0786. The third-order valence-corrected chi connectivity index (χ3v) is 3.97.